The topological polar surface area (TPSA) is 88.9 Å². The predicted octanol–water partition coefficient (Wildman–Crippen LogP) is 7.25. The molecule has 0 aliphatic heterocycles. The molecule has 0 aliphatic carbocycles. The Morgan fingerprint density at radius 3 is 2.55 bits per heavy atom. The molecule has 0 aliphatic rings. The summed E-state index contributed by atoms with van der Waals surface area (Å²) in [6.45, 7) is 11.0. The van der Waals surface area contributed by atoms with Crippen molar-refractivity contribution in [3.05, 3.63) is 89.4 Å². The molecule has 212 valence electrons. The van der Waals surface area contributed by atoms with Gasteiger partial charge >= 0.3 is 0 Å². The zero-order valence-corrected chi connectivity index (χ0v) is 23.7. The first-order chi connectivity index (χ1) is 19.2. The number of aryl methyl sites for hydroxylation is 1. The van der Waals surface area contributed by atoms with Crippen molar-refractivity contribution in [2.75, 3.05) is 20.1 Å². The van der Waals surface area contributed by atoms with Crippen LogP contribution in [-0.4, -0.2) is 45.9 Å². The molecule has 1 aromatic carbocycles. The van der Waals surface area contributed by atoms with Crippen LogP contribution in [0.3, 0.4) is 0 Å². The van der Waals surface area contributed by atoms with Crippen LogP contribution in [0.25, 0.3) is 17.0 Å². The lowest BCUT2D eigenvalue weighted by atomic mass is 9.89. The average Bonchev–Trinajstić information content (AvgIpc) is 3.60. The lowest BCUT2D eigenvalue weighted by Gasteiger charge is -2.23. The molecule has 0 spiro atoms. The molecule has 0 saturated heterocycles. The monoisotopic (exact) mass is 550 g/mol. The van der Waals surface area contributed by atoms with Gasteiger partial charge in [0.1, 0.15) is 11.6 Å². The zero-order chi connectivity index (χ0) is 29.2. The van der Waals surface area contributed by atoms with Gasteiger partial charge in [-0.3, -0.25) is 9.48 Å². The lowest BCUT2D eigenvalue weighted by Crippen LogP contribution is -2.33. The summed E-state index contributed by atoms with van der Waals surface area (Å²) < 4.78 is 35.7. The van der Waals surface area contributed by atoms with E-state index in [0.29, 0.717) is 42.1 Å². The van der Waals surface area contributed by atoms with Gasteiger partial charge in [0.25, 0.3) is 5.91 Å². The molecule has 3 aromatic rings. The van der Waals surface area contributed by atoms with Gasteiger partial charge < -0.3 is 9.42 Å². The van der Waals surface area contributed by atoms with Crippen molar-refractivity contribution in [1.29, 1.82) is 0 Å². The molecule has 8 nitrogen and oxygen atoms in total. The maximum absolute atomic E-state index is 14.4. The van der Waals surface area contributed by atoms with Crippen molar-refractivity contribution in [2.24, 2.45) is 23.2 Å². The summed E-state index contributed by atoms with van der Waals surface area (Å²) in [6.07, 6.45) is 9.10. The van der Waals surface area contributed by atoms with Crippen molar-refractivity contribution in [3.63, 3.8) is 0 Å². The highest BCUT2D eigenvalue weighted by molar-refractivity contribution is 5.98. The number of hydrogen-bond acceptors (Lipinski definition) is 6. The summed E-state index contributed by atoms with van der Waals surface area (Å²) in [5.74, 6) is -1.10. The van der Waals surface area contributed by atoms with Gasteiger partial charge in [-0.1, -0.05) is 36.4 Å². The van der Waals surface area contributed by atoms with Crippen LogP contribution < -0.4 is 0 Å². The zero-order valence-electron chi connectivity index (χ0n) is 23.7. The maximum atomic E-state index is 14.4. The number of nitrogens with zero attached hydrogens (tertiary/aromatic N) is 6. The SMILES string of the molecule is C=C(/C=C(\N=NC)c1c(F)cccc1F)C(CC)CC/C(=C/C)CN(CC)C(=O)c1nn(C)cc1-c1ccno1. The summed E-state index contributed by atoms with van der Waals surface area (Å²) >= 11 is 0. The van der Waals surface area contributed by atoms with E-state index >= 15 is 0 Å². The van der Waals surface area contributed by atoms with Gasteiger partial charge in [0.15, 0.2) is 11.5 Å². The highest BCUT2D eigenvalue weighted by atomic mass is 19.1. The molecule has 2 heterocycles. The third-order valence-electron chi connectivity index (χ3n) is 6.79. The predicted molar refractivity (Wildman–Crippen MR) is 151 cm³/mol. The lowest BCUT2D eigenvalue weighted by molar-refractivity contribution is 0.0770. The Morgan fingerprint density at radius 2 is 1.98 bits per heavy atom. The van der Waals surface area contributed by atoms with Crippen molar-refractivity contribution in [2.45, 2.75) is 40.0 Å². The number of halogens is 2. The standard InChI is InChI=1S/C30H36F2N6O2/c1-7-21(18-38(9-3)30(39)29-23(19-37(6)36-29)27-15-16-34-40-27)13-14-22(8-2)20(4)17-26(35-33-5)28-24(31)11-10-12-25(28)32/h7,10-12,15-17,19,22H,4,8-9,13-14,18H2,1-3,5-6H3/b21-7-,26-17-,35-33?. The number of hydrogen-bond donors (Lipinski definition) is 0. The van der Waals surface area contributed by atoms with Gasteiger partial charge in [-0.25, -0.2) is 8.78 Å². The Hall–Kier alpha value is -4.21. The first-order valence-corrected chi connectivity index (χ1v) is 13.3. The Labute approximate surface area is 233 Å². The second-order valence-corrected chi connectivity index (χ2v) is 9.35. The maximum Gasteiger partial charge on any atom is 0.275 e. The minimum Gasteiger partial charge on any atom is -0.356 e. The van der Waals surface area contributed by atoms with Crippen LogP contribution in [-0.2, 0) is 7.05 Å². The Kier molecular flexibility index (Phi) is 10.8. The highest BCUT2D eigenvalue weighted by Gasteiger charge is 2.25. The molecular formula is C30H36F2N6O2. The number of carbonyl (C=O) groups excluding carboxylic acids is 1. The van der Waals surface area contributed by atoms with Crippen molar-refractivity contribution < 1.29 is 18.1 Å². The quantitative estimate of drug-likeness (QED) is 0.127. The number of carbonyl (C=O) groups is 1. The Bertz CT molecular complexity index is 1390. The molecule has 1 unspecified atom stereocenters. The van der Waals surface area contributed by atoms with E-state index in [-0.39, 0.29) is 23.1 Å². The van der Waals surface area contributed by atoms with E-state index in [1.54, 1.807) is 35.0 Å². The Morgan fingerprint density at radius 1 is 1.25 bits per heavy atom. The summed E-state index contributed by atoms with van der Waals surface area (Å²) in [6, 6.07) is 5.39. The van der Waals surface area contributed by atoms with Crippen LogP contribution in [0, 0.1) is 17.6 Å². The normalized spacial score (nSPS) is 13.2. The molecule has 1 amide bonds. The highest BCUT2D eigenvalue weighted by Crippen LogP contribution is 2.30. The molecule has 10 heteroatoms. The largest absolute Gasteiger partial charge is 0.356 e. The van der Waals surface area contributed by atoms with Crippen LogP contribution in [0.15, 0.2) is 81.3 Å². The molecule has 3 rings (SSSR count). The van der Waals surface area contributed by atoms with Gasteiger partial charge in [-0.05, 0) is 62.8 Å². The van der Waals surface area contributed by atoms with Crippen LogP contribution in [0.4, 0.5) is 8.78 Å². The van der Waals surface area contributed by atoms with E-state index < -0.39 is 11.6 Å². The summed E-state index contributed by atoms with van der Waals surface area (Å²) in [4.78, 5) is 15.2. The molecule has 0 fully saturated rings. The Balaban J connectivity index is 1.73. The summed E-state index contributed by atoms with van der Waals surface area (Å²) in [7, 11) is 3.20. The molecule has 0 N–H and O–H groups in total. The fourth-order valence-corrected chi connectivity index (χ4v) is 4.52. The van der Waals surface area contributed by atoms with Gasteiger partial charge in [0, 0.05) is 39.4 Å². The van der Waals surface area contributed by atoms with E-state index in [2.05, 4.69) is 27.1 Å². The smallest absolute Gasteiger partial charge is 0.275 e. The summed E-state index contributed by atoms with van der Waals surface area (Å²) in [5, 5.41) is 15.9. The number of amides is 1. The van der Waals surface area contributed by atoms with E-state index in [9.17, 15) is 13.6 Å². The van der Waals surface area contributed by atoms with Crippen LogP contribution in [0.1, 0.15) is 56.1 Å². The molecule has 1 atom stereocenters. The summed E-state index contributed by atoms with van der Waals surface area (Å²) in [5.41, 5.74) is 2.54. The molecule has 0 bridgehead atoms. The number of benzene rings is 1. The third kappa shape index (κ3) is 7.25. The number of aromatic nitrogens is 3. The molecule has 0 radical (unpaired) electrons. The molecule has 0 saturated carbocycles. The van der Waals surface area contributed by atoms with E-state index in [1.807, 2.05) is 26.8 Å². The minimum absolute atomic E-state index is 0.0338. The third-order valence-corrected chi connectivity index (χ3v) is 6.79. The van der Waals surface area contributed by atoms with E-state index in [1.165, 1.54) is 31.4 Å². The minimum atomic E-state index is -0.709. The average molecular weight is 551 g/mol. The number of allylic oxidation sites excluding steroid dienone is 3. The van der Waals surface area contributed by atoms with Gasteiger partial charge in [0.05, 0.1) is 23.0 Å². The first kappa shape index (κ1) is 30.3. The number of azo groups is 1. The van der Waals surface area contributed by atoms with Crippen molar-refractivity contribution in [3.8, 4) is 11.3 Å². The first-order valence-electron chi connectivity index (χ1n) is 13.3. The fraction of sp³-hybridized carbons (Fsp3) is 0.367. The van der Waals surface area contributed by atoms with E-state index in [4.69, 9.17) is 4.52 Å². The van der Waals surface area contributed by atoms with Crippen LogP contribution >= 0.6 is 0 Å². The molecular weight excluding hydrogens is 514 g/mol. The van der Waals surface area contributed by atoms with Crippen molar-refractivity contribution >= 4 is 11.6 Å². The van der Waals surface area contributed by atoms with Crippen LogP contribution in [0.2, 0.25) is 0 Å². The fourth-order valence-electron chi connectivity index (χ4n) is 4.52. The molecule has 2 aromatic heterocycles. The van der Waals surface area contributed by atoms with Crippen LogP contribution in [0.5, 0.6) is 0 Å². The second-order valence-electron chi connectivity index (χ2n) is 9.35. The van der Waals surface area contributed by atoms with Gasteiger partial charge in [-0.2, -0.15) is 15.3 Å². The number of likely N-dealkylation sites (N-methyl/N-ethyl adjacent to an activating group) is 1. The van der Waals surface area contributed by atoms with Gasteiger partial charge in [-0.15, -0.1) is 0 Å². The second kappa shape index (κ2) is 14.3. The molecule has 40 heavy (non-hydrogen) atoms. The van der Waals surface area contributed by atoms with Gasteiger partial charge in [0.2, 0.25) is 0 Å². The number of rotatable bonds is 13. The van der Waals surface area contributed by atoms with Crippen molar-refractivity contribution in [1.82, 2.24) is 19.8 Å². The van der Waals surface area contributed by atoms with E-state index in [0.717, 1.165) is 18.4 Å².